The van der Waals surface area contributed by atoms with E-state index >= 15 is 0 Å². The molecule has 1 unspecified atom stereocenters. The number of aromatic nitrogens is 1. The van der Waals surface area contributed by atoms with E-state index in [-0.39, 0.29) is 0 Å². The third-order valence-electron chi connectivity index (χ3n) is 2.40. The molecular weight excluding hydrogens is 182 g/mol. The second-order valence-electron chi connectivity index (χ2n) is 3.13. The molecule has 1 nitrogen and oxygen atoms in total. The molecule has 2 heteroatoms. The summed E-state index contributed by atoms with van der Waals surface area (Å²) in [5.41, 5.74) is 2.66. The fourth-order valence-electron chi connectivity index (χ4n) is 1.68. The highest BCUT2D eigenvalue weighted by atomic mass is 35.5. The highest BCUT2D eigenvalue weighted by molar-refractivity contribution is 6.31. The molecule has 1 aromatic rings. The fraction of sp³-hybridized carbons (Fsp3) is 0.545. The Morgan fingerprint density at radius 3 is 2.69 bits per heavy atom. The van der Waals surface area contributed by atoms with Gasteiger partial charge in [-0.15, -0.1) is 0 Å². The molecule has 13 heavy (non-hydrogen) atoms. The van der Waals surface area contributed by atoms with Gasteiger partial charge in [0.05, 0.1) is 5.02 Å². The summed E-state index contributed by atoms with van der Waals surface area (Å²) in [6.45, 7) is 6.23. The van der Waals surface area contributed by atoms with Crippen LogP contribution in [0.5, 0.6) is 0 Å². The van der Waals surface area contributed by atoms with E-state index in [2.05, 4.69) is 11.9 Å². The van der Waals surface area contributed by atoms with Gasteiger partial charge in [-0.25, -0.2) is 0 Å². The molecule has 0 aromatic carbocycles. The standard InChI is InChI=1S/C9H10ClN.C2H6/c1-6-2-3-7-8(6)4-11-5-9(7)10;1-2/h4-6H,2-3H2,1H3;1-2H3. The molecule has 1 atom stereocenters. The van der Waals surface area contributed by atoms with Crippen LogP contribution in [0, 0.1) is 0 Å². The van der Waals surface area contributed by atoms with Crippen molar-refractivity contribution in [3.05, 3.63) is 28.5 Å². The predicted octanol–water partition coefficient (Wildman–Crippen LogP) is 3.81. The van der Waals surface area contributed by atoms with Crippen molar-refractivity contribution in [3.63, 3.8) is 0 Å². The zero-order valence-corrected chi connectivity index (χ0v) is 9.23. The zero-order valence-electron chi connectivity index (χ0n) is 8.47. The van der Waals surface area contributed by atoms with Gasteiger partial charge >= 0.3 is 0 Å². The Labute approximate surface area is 85.1 Å². The zero-order chi connectivity index (χ0) is 9.84. The largest absolute Gasteiger partial charge is 0.263 e. The van der Waals surface area contributed by atoms with E-state index < -0.39 is 0 Å². The van der Waals surface area contributed by atoms with Crippen molar-refractivity contribution in [2.75, 3.05) is 0 Å². The highest BCUT2D eigenvalue weighted by Crippen LogP contribution is 2.35. The van der Waals surface area contributed by atoms with Gasteiger partial charge in [-0.05, 0) is 29.9 Å². The summed E-state index contributed by atoms with van der Waals surface area (Å²) >= 11 is 5.97. The van der Waals surface area contributed by atoms with Crippen molar-refractivity contribution in [2.24, 2.45) is 0 Å². The summed E-state index contributed by atoms with van der Waals surface area (Å²) in [6, 6.07) is 0. The predicted molar refractivity (Wildman–Crippen MR) is 57.3 cm³/mol. The minimum atomic E-state index is 0.649. The molecule has 0 N–H and O–H groups in total. The lowest BCUT2D eigenvalue weighted by Crippen LogP contribution is -1.88. The minimum Gasteiger partial charge on any atom is -0.263 e. The van der Waals surface area contributed by atoms with Crippen molar-refractivity contribution < 1.29 is 0 Å². The Bertz CT molecular complexity index is 283. The minimum absolute atomic E-state index is 0.649. The fourth-order valence-corrected chi connectivity index (χ4v) is 1.94. The van der Waals surface area contributed by atoms with Gasteiger partial charge in [-0.2, -0.15) is 0 Å². The van der Waals surface area contributed by atoms with Gasteiger partial charge in [-0.3, -0.25) is 4.98 Å². The van der Waals surface area contributed by atoms with Gasteiger partial charge in [0.25, 0.3) is 0 Å². The Balaban J connectivity index is 0.000000396. The molecule has 0 bridgehead atoms. The van der Waals surface area contributed by atoms with Gasteiger partial charge in [0.1, 0.15) is 0 Å². The molecule has 1 aromatic heterocycles. The van der Waals surface area contributed by atoms with Crippen LogP contribution in [-0.2, 0) is 6.42 Å². The summed E-state index contributed by atoms with van der Waals surface area (Å²) in [4.78, 5) is 4.07. The first kappa shape index (κ1) is 10.5. The van der Waals surface area contributed by atoms with Crippen molar-refractivity contribution >= 4 is 11.6 Å². The quantitative estimate of drug-likeness (QED) is 0.617. The molecule has 2 rings (SSSR count). The van der Waals surface area contributed by atoms with Crippen LogP contribution in [0.1, 0.15) is 44.2 Å². The monoisotopic (exact) mass is 197 g/mol. The SMILES string of the molecule is CC.CC1CCc2c(Cl)cncc21. The molecule has 72 valence electrons. The molecule has 0 saturated carbocycles. The second-order valence-corrected chi connectivity index (χ2v) is 3.54. The molecule has 0 saturated heterocycles. The molecule has 0 amide bonds. The van der Waals surface area contributed by atoms with Gasteiger partial charge in [0.15, 0.2) is 0 Å². The number of pyridine rings is 1. The molecule has 0 radical (unpaired) electrons. The van der Waals surface area contributed by atoms with Crippen LogP contribution in [0.15, 0.2) is 12.4 Å². The number of hydrogen-bond acceptors (Lipinski definition) is 1. The molecule has 0 spiro atoms. The first-order chi connectivity index (χ1) is 6.29. The number of halogens is 1. The van der Waals surface area contributed by atoms with E-state index in [0.29, 0.717) is 5.92 Å². The smallest absolute Gasteiger partial charge is 0.0624 e. The van der Waals surface area contributed by atoms with E-state index in [1.165, 1.54) is 17.5 Å². The summed E-state index contributed by atoms with van der Waals surface area (Å²) in [5, 5.41) is 0.840. The lowest BCUT2D eigenvalue weighted by Gasteiger charge is -2.02. The number of hydrogen-bond donors (Lipinski definition) is 0. The Kier molecular flexibility index (Phi) is 3.73. The summed E-state index contributed by atoms with van der Waals surface area (Å²) < 4.78 is 0. The number of rotatable bonds is 0. The van der Waals surface area contributed by atoms with Crippen LogP contribution >= 0.6 is 11.6 Å². The normalized spacial score (nSPS) is 18.9. The lowest BCUT2D eigenvalue weighted by atomic mass is 10.1. The van der Waals surface area contributed by atoms with Crippen molar-refractivity contribution in [1.82, 2.24) is 4.98 Å². The van der Waals surface area contributed by atoms with E-state index in [9.17, 15) is 0 Å². The van der Waals surface area contributed by atoms with Crippen molar-refractivity contribution in [2.45, 2.75) is 39.5 Å². The first-order valence-electron chi connectivity index (χ1n) is 4.91. The Morgan fingerprint density at radius 1 is 1.38 bits per heavy atom. The molecule has 0 fully saturated rings. The topological polar surface area (TPSA) is 12.9 Å². The average Bonchev–Trinajstić information content (AvgIpc) is 2.53. The molecule has 0 aliphatic heterocycles. The van der Waals surface area contributed by atoms with Gasteiger partial charge in [0, 0.05) is 12.4 Å². The molecule has 1 heterocycles. The maximum Gasteiger partial charge on any atom is 0.0624 e. The average molecular weight is 198 g/mol. The van der Waals surface area contributed by atoms with Crippen molar-refractivity contribution in [3.8, 4) is 0 Å². The molecule has 1 aliphatic rings. The lowest BCUT2D eigenvalue weighted by molar-refractivity contribution is 0.745. The van der Waals surface area contributed by atoms with Crippen LogP contribution in [0.4, 0.5) is 0 Å². The van der Waals surface area contributed by atoms with Crippen molar-refractivity contribution in [1.29, 1.82) is 0 Å². The number of nitrogens with zero attached hydrogens (tertiary/aromatic N) is 1. The van der Waals surface area contributed by atoms with Crippen LogP contribution in [0.2, 0.25) is 5.02 Å². The third kappa shape index (κ3) is 2.02. The highest BCUT2D eigenvalue weighted by Gasteiger charge is 2.20. The Hall–Kier alpha value is -0.560. The van der Waals surface area contributed by atoms with Crippen LogP contribution in [0.3, 0.4) is 0 Å². The van der Waals surface area contributed by atoms with Crippen LogP contribution in [-0.4, -0.2) is 4.98 Å². The maximum absolute atomic E-state index is 5.97. The summed E-state index contributed by atoms with van der Waals surface area (Å²) in [7, 11) is 0. The van der Waals surface area contributed by atoms with Gasteiger partial charge < -0.3 is 0 Å². The maximum atomic E-state index is 5.97. The van der Waals surface area contributed by atoms with E-state index in [0.717, 1.165) is 11.4 Å². The second kappa shape index (κ2) is 4.61. The first-order valence-corrected chi connectivity index (χ1v) is 5.29. The van der Waals surface area contributed by atoms with Crippen LogP contribution < -0.4 is 0 Å². The summed E-state index contributed by atoms with van der Waals surface area (Å²) in [6.07, 6.45) is 6.02. The van der Waals surface area contributed by atoms with E-state index in [4.69, 9.17) is 11.6 Å². The third-order valence-corrected chi connectivity index (χ3v) is 2.72. The van der Waals surface area contributed by atoms with Crippen LogP contribution in [0.25, 0.3) is 0 Å². The molecular formula is C11H16ClN. The van der Waals surface area contributed by atoms with Gasteiger partial charge in [0.2, 0.25) is 0 Å². The molecule has 1 aliphatic carbocycles. The summed E-state index contributed by atoms with van der Waals surface area (Å²) in [5.74, 6) is 0.649. The van der Waals surface area contributed by atoms with Gasteiger partial charge in [-0.1, -0.05) is 32.4 Å². The number of fused-ring (bicyclic) bond motifs is 1. The van der Waals surface area contributed by atoms with E-state index in [1.807, 2.05) is 20.0 Å². The Morgan fingerprint density at radius 2 is 2.08 bits per heavy atom. The van der Waals surface area contributed by atoms with E-state index in [1.54, 1.807) is 6.20 Å².